The molecule has 0 fully saturated rings. The molecule has 0 saturated heterocycles. The van der Waals surface area contributed by atoms with Gasteiger partial charge in [-0.3, -0.25) is 4.79 Å². The molecule has 0 unspecified atom stereocenters. The van der Waals surface area contributed by atoms with Gasteiger partial charge in [0.05, 0.1) is 4.47 Å². The summed E-state index contributed by atoms with van der Waals surface area (Å²) in [6.45, 7) is 2.01. The maximum absolute atomic E-state index is 11.8. The molecular weight excluding hydrogens is 284 g/mol. The van der Waals surface area contributed by atoms with E-state index in [1.807, 2.05) is 0 Å². The molecule has 1 rings (SSSR count). The maximum Gasteiger partial charge on any atom is 0.248 e. The van der Waals surface area contributed by atoms with Gasteiger partial charge in [0, 0.05) is 26.0 Å². The Bertz CT molecular complexity index is 509. The molecule has 7 heteroatoms. The highest BCUT2D eigenvalue weighted by Gasteiger charge is 2.23. The van der Waals surface area contributed by atoms with Crippen molar-refractivity contribution in [2.45, 2.75) is 11.8 Å². The summed E-state index contributed by atoms with van der Waals surface area (Å²) in [6.07, 6.45) is 2.59. The van der Waals surface area contributed by atoms with Gasteiger partial charge in [-0.1, -0.05) is 6.92 Å². The number of sulfonamides is 1. The van der Waals surface area contributed by atoms with Crippen molar-refractivity contribution in [2.75, 3.05) is 13.6 Å². The van der Waals surface area contributed by atoms with Crippen LogP contribution in [0.3, 0.4) is 0 Å². The van der Waals surface area contributed by atoms with E-state index in [2.05, 4.69) is 20.9 Å². The van der Waals surface area contributed by atoms with Gasteiger partial charge in [-0.15, -0.1) is 0 Å². The average molecular weight is 295 g/mol. The van der Waals surface area contributed by atoms with Crippen LogP contribution in [0.1, 0.15) is 6.92 Å². The number of hydrogen-bond acceptors (Lipinski definition) is 3. The number of pyridine rings is 1. The molecule has 5 nitrogen and oxygen atoms in total. The molecular formula is C8H11BrN2O3S. The SMILES string of the molecule is CCN(C)S(=O)(=O)c1c[nH]cc(Br)c1=O. The fourth-order valence-electron chi connectivity index (χ4n) is 0.969. The number of H-pyrrole nitrogens is 1. The van der Waals surface area contributed by atoms with Gasteiger partial charge in [0.2, 0.25) is 15.5 Å². The Balaban J connectivity index is 3.41. The van der Waals surface area contributed by atoms with Crippen LogP contribution in [0.15, 0.2) is 26.6 Å². The van der Waals surface area contributed by atoms with Gasteiger partial charge in [0.1, 0.15) is 4.90 Å². The highest BCUT2D eigenvalue weighted by molar-refractivity contribution is 9.10. The van der Waals surface area contributed by atoms with E-state index in [9.17, 15) is 13.2 Å². The van der Waals surface area contributed by atoms with E-state index < -0.39 is 15.5 Å². The summed E-state index contributed by atoms with van der Waals surface area (Å²) in [6, 6.07) is 0. The highest BCUT2D eigenvalue weighted by Crippen LogP contribution is 2.11. The minimum absolute atomic E-state index is 0.202. The van der Waals surface area contributed by atoms with E-state index >= 15 is 0 Å². The summed E-state index contributed by atoms with van der Waals surface area (Å²) < 4.78 is 25.0. The van der Waals surface area contributed by atoms with Crippen LogP contribution in [0, 0.1) is 0 Å². The standard InChI is InChI=1S/C8H11BrN2O3S/c1-3-11(2)15(13,14)7-5-10-4-6(9)8(7)12/h4-5H,3H2,1-2H3,(H,10,12). The highest BCUT2D eigenvalue weighted by atomic mass is 79.9. The summed E-state index contributed by atoms with van der Waals surface area (Å²) in [7, 11) is -2.26. The molecule has 0 aliphatic carbocycles. The minimum Gasteiger partial charge on any atom is -0.365 e. The number of rotatable bonds is 3. The summed E-state index contributed by atoms with van der Waals surface area (Å²) in [5.41, 5.74) is -0.533. The molecule has 0 spiro atoms. The van der Waals surface area contributed by atoms with E-state index in [4.69, 9.17) is 0 Å². The van der Waals surface area contributed by atoms with Crippen molar-refractivity contribution >= 4 is 26.0 Å². The summed E-state index contributed by atoms with van der Waals surface area (Å²) in [4.78, 5) is 13.9. The van der Waals surface area contributed by atoms with Crippen LogP contribution in [0.2, 0.25) is 0 Å². The van der Waals surface area contributed by atoms with E-state index in [0.717, 1.165) is 4.31 Å². The van der Waals surface area contributed by atoms with Crippen LogP contribution < -0.4 is 5.43 Å². The predicted molar refractivity (Wildman–Crippen MR) is 60.3 cm³/mol. The van der Waals surface area contributed by atoms with Gasteiger partial charge in [-0.2, -0.15) is 0 Å². The lowest BCUT2D eigenvalue weighted by Crippen LogP contribution is -2.30. The molecule has 0 bridgehead atoms. The molecule has 1 aromatic rings. The zero-order valence-electron chi connectivity index (χ0n) is 8.32. The fourth-order valence-corrected chi connectivity index (χ4v) is 2.68. The molecule has 84 valence electrons. The van der Waals surface area contributed by atoms with Crippen molar-refractivity contribution in [3.8, 4) is 0 Å². The van der Waals surface area contributed by atoms with Crippen LogP contribution in [0.4, 0.5) is 0 Å². The topological polar surface area (TPSA) is 70.2 Å². The molecule has 0 amide bonds. The van der Waals surface area contributed by atoms with Crippen LogP contribution in [-0.4, -0.2) is 31.3 Å². The van der Waals surface area contributed by atoms with Crippen LogP contribution in [-0.2, 0) is 10.0 Å². The molecule has 1 N–H and O–H groups in total. The minimum atomic E-state index is -3.68. The second-order valence-corrected chi connectivity index (χ2v) is 5.78. The van der Waals surface area contributed by atoms with E-state index in [1.54, 1.807) is 6.92 Å². The summed E-state index contributed by atoms with van der Waals surface area (Å²) >= 11 is 2.98. The first-order valence-electron chi connectivity index (χ1n) is 4.24. The zero-order chi connectivity index (χ0) is 11.6. The van der Waals surface area contributed by atoms with Gasteiger partial charge in [0.15, 0.2) is 0 Å². The molecule has 0 radical (unpaired) electrons. The van der Waals surface area contributed by atoms with Crippen molar-refractivity contribution in [1.82, 2.24) is 9.29 Å². The van der Waals surface area contributed by atoms with Crippen molar-refractivity contribution in [2.24, 2.45) is 0 Å². The van der Waals surface area contributed by atoms with Crippen LogP contribution in [0.5, 0.6) is 0 Å². The Morgan fingerprint density at radius 3 is 2.60 bits per heavy atom. The summed E-state index contributed by atoms with van der Waals surface area (Å²) in [5.74, 6) is 0. The molecule has 0 atom stereocenters. The van der Waals surface area contributed by atoms with Gasteiger partial charge in [-0.25, -0.2) is 12.7 Å². The molecule has 1 aromatic heterocycles. The average Bonchev–Trinajstić information content (AvgIpc) is 2.20. The van der Waals surface area contributed by atoms with Crippen LogP contribution >= 0.6 is 15.9 Å². The molecule has 15 heavy (non-hydrogen) atoms. The summed E-state index contributed by atoms with van der Waals surface area (Å²) in [5, 5.41) is 0. The Kier molecular flexibility index (Phi) is 3.69. The number of halogens is 1. The fraction of sp³-hybridized carbons (Fsp3) is 0.375. The molecule has 1 heterocycles. The van der Waals surface area contributed by atoms with E-state index in [0.29, 0.717) is 6.54 Å². The Labute approximate surface area is 96.3 Å². The third-order valence-electron chi connectivity index (χ3n) is 2.00. The number of hydrogen-bond donors (Lipinski definition) is 1. The monoisotopic (exact) mass is 294 g/mol. The first-order chi connectivity index (χ1) is 6.91. The lowest BCUT2D eigenvalue weighted by atomic mass is 10.5. The predicted octanol–water partition coefficient (Wildman–Crippen LogP) is 0.778. The van der Waals surface area contributed by atoms with Crippen molar-refractivity contribution in [1.29, 1.82) is 0 Å². The number of aromatic nitrogens is 1. The normalized spacial score (nSPS) is 12.0. The van der Waals surface area contributed by atoms with E-state index in [1.165, 1.54) is 19.4 Å². The quantitative estimate of drug-likeness (QED) is 0.895. The number of nitrogens with zero attached hydrogens (tertiary/aromatic N) is 1. The van der Waals surface area contributed by atoms with Gasteiger partial charge < -0.3 is 4.98 Å². The largest absolute Gasteiger partial charge is 0.365 e. The van der Waals surface area contributed by atoms with Gasteiger partial charge in [-0.05, 0) is 15.9 Å². The smallest absolute Gasteiger partial charge is 0.248 e. The first kappa shape index (κ1) is 12.4. The molecule has 0 aromatic carbocycles. The van der Waals surface area contributed by atoms with Crippen molar-refractivity contribution < 1.29 is 8.42 Å². The van der Waals surface area contributed by atoms with E-state index in [-0.39, 0.29) is 9.37 Å². The lowest BCUT2D eigenvalue weighted by Gasteiger charge is -2.13. The second kappa shape index (κ2) is 4.46. The van der Waals surface area contributed by atoms with Gasteiger partial charge in [0.25, 0.3) is 0 Å². The third-order valence-corrected chi connectivity index (χ3v) is 4.53. The van der Waals surface area contributed by atoms with Crippen molar-refractivity contribution in [3.63, 3.8) is 0 Å². The lowest BCUT2D eigenvalue weighted by molar-refractivity contribution is 0.485. The third kappa shape index (κ3) is 2.30. The first-order valence-corrected chi connectivity index (χ1v) is 6.47. The van der Waals surface area contributed by atoms with Crippen molar-refractivity contribution in [3.05, 3.63) is 27.1 Å². The van der Waals surface area contributed by atoms with Gasteiger partial charge >= 0.3 is 0 Å². The second-order valence-electron chi connectivity index (χ2n) is 2.92. The molecule has 0 saturated carbocycles. The Morgan fingerprint density at radius 1 is 1.47 bits per heavy atom. The molecule has 0 aliphatic heterocycles. The van der Waals surface area contributed by atoms with Crippen LogP contribution in [0.25, 0.3) is 0 Å². The Hall–Kier alpha value is -0.660. The Morgan fingerprint density at radius 2 is 2.07 bits per heavy atom. The zero-order valence-corrected chi connectivity index (χ0v) is 10.7. The maximum atomic E-state index is 11.8. The number of aromatic amines is 1. The molecule has 0 aliphatic rings. The number of nitrogens with one attached hydrogen (secondary N) is 1.